The number of rotatable bonds is 4. The Kier molecular flexibility index (Phi) is 4.91. The van der Waals surface area contributed by atoms with Gasteiger partial charge in [-0.05, 0) is 40.3 Å². The molecule has 2 nitrogen and oxygen atoms in total. The summed E-state index contributed by atoms with van der Waals surface area (Å²) in [4.78, 5) is 0. The molecule has 1 atom stereocenters. The molecule has 0 aromatic heterocycles. The molecule has 1 aromatic rings. The van der Waals surface area contributed by atoms with E-state index < -0.39 is 4.18 Å². The zero-order chi connectivity index (χ0) is 10.6. The summed E-state index contributed by atoms with van der Waals surface area (Å²) in [6, 6.07) is 5.15. The SMILES string of the molecule is NCc1ccc(OCC(F)I)cc1Cl. The fourth-order valence-corrected chi connectivity index (χ4v) is 1.37. The van der Waals surface area contributed by atoms with E-state index in [4.69, 9.17) is 22.1 Å². The highest BCUT2D eigenvalue weighted by Gasteiger charge is 2.04. The van der Waals surface area contributed by atoms with Gasteiger partial charge < -0.3 is 10.5 Å². The van der Waals surface area contributed by atoms with Crippen LogP contribution in [0.5, 0.6) is 5.75 Å². The number of hydrogen-bond donors (Lipinski definition) is 1. The van der Waals surface area contributed by atoms with Gasteiger partial charge in [-0.3, -0.25) is 0 Å². The minimum absolute atomic E-state index is 0.0266. The molecule has 0 aliphatic heterocycles. The van der Waals surface area contributed by atoms with Gasteiger partial charge in [-0.15, -0.1) is 0 Å². The fourth-order valence-electron chi connectivity index (χ4n) is 0.943. The van der Waals surface area contributed by atoms with Crippen LogP contribution < -0.4 is 10.5 Å². The van der Waals surface area contributed by atoms with Crippen LogP contribution in [0.1, 0.15) is 5.56 Å². The van der Waals surface area contributed by atoms with E-state index in [0.717, 1.165) is 5.56 Å². The third-order valence-electron chi connectivity index (χ3n) is 1.62. The molecule has 0 saturated carbocycles. The monoisotopic (exact) mass is 329 g/mol. The van der Waals surface area contributed by atoms with E-state index in [1.54, 1.807) is 40.8 Å². The Morgan fingerprint density at radius 2 is 2.29 bits per heavy atom. The van der Waals surface area contributed by atoms with Gasteiger partial charge in [-0.2, -0.15) is 0 Å². The predicted molar refractivity (Wildman–Crippen MR) is 63.8 cm³/mol. The lowest BCUT2D eigenvalue weighted by Gasteiger charge is -2.07. The minimum atomic E-state index is -1.01. The average molecular weight is 330 g/mol. The lowest BCUT2D eigenvalue weighted by Crippen LogP contribution is -2.05. The van der Waals surface area contributed by atoms with Gasteiger partial charge in [0.15, 0.2) is 4.18 Å². The third-order valence-corrected chi connectivity index (χ3v) is 2.33. The standard InChI is InChI=1S/C9H10ClFINO/c10-8-3-7(14-5-9(11)12)2-1-6(8)4-13/h1-3,9H,4-5,13H2. The summed E-state index contributed by atoms with van der Waals surface area (Å²) in [5.74, 6) is 0.562. The van der Waals surface area contributed by atoms with Crippen LogP contribution >= 0.6 is 34.2 Å². The molecule has 0 radical (unpaired) electrons. The molecule has 5 heteroatoms. The van der Waals surface area contributed by atoms with Crippen molar-refractivity contribution in [2.45, 2.75) is 10.7 Å². The summed E-state index contributed by atoms with van der Waals surface area (Å²) < 4.78 is 16.6. The maximum Gasteiger partial charge on any atom is 0.184 e. The number of hydrogen-bond acceptors (Lipinski definition) is 2. The topological polar surface area (TPSA) is 35.2 Å². The van der Waals surface area contributed by atoms with Crippen molar-refractivity contribution in [3.05, 3.63) is 28.8 Å². The molecule has 1 unspecified atom stereocenters. The molecule has 0 spiro atoms. The predicted octanol–water partition coefficient (Wildman–Crippen LogP) is 2.91. The molecule has 0 amide bonds. The van der Waals surface area contributed by atoms with E-state index >= 15 is 0 Å². The number of nitrogens with two attached hydrogens (primary N) is 1. The van der Waals surface area contributed by atoms with E-state index in [9.17, 15) is 4.39 Å². The van der Waals surface area contributed by atoms with Crippen molar-refractivity contribution in [2.24, 2.45) is 5.73 Å². The highest BCUT2D eigenvalue weighted by atomic mass is 127. The van der Waals surface area contributed by atoms with E-state index in [1.807, 2.05) is 0 Å². The zero-order valence-corrected chi connectivity index (χ0v) is 10.3. The number of benzene rings is 1. The molecule has 14 heavy (non-hydrogen) atoms. The van der Waals surface area contributed by atoms with Crippen molar-refractivity contribution in [1.29, 1.82) is 0 Å². The van der Waals surface area contributed by atoms with Gasteiger partial charge in [0.2, 0.25) is 0 Å². The van der Waals surface area contributed by atoms with Crippen LogP contribution in [0.25, 0.3) is 0 Å². The van der Waals surface area contributed by atoms with Crippen molar-refractivity contribution >= 4 is 34.2 Å². The normalized spacial score (nSPS) is 12.6. The Balaban J connectivity index is 2.66. The Morgan fingerprint density at radius 3 is 2.79 bits per heavy atom. The largest absolute Gasteiger partial charge is 0.490 e. The second-order valence-corrected chi connectivity index (χ2v) is 4.42. The Bertz CT molecular complexity index is 309. The summed E-state index contributed by atoms with van der Waals surface area (Å²) >= 11 is 7.54. The molecular formula is C9H10ClFINO. The molecule has 2 N–H and O–H groups in total. The average Bonchev–Trinajstić information content (AvgIpc) is 2.15. The maximum atomic E-state index is 12.4. The quantitative estimate of drug-likeness (QED) is 0.681. The van der Waals surface area contributed by atoms with Crippen LogP contribution in [-0.4, -0.2) is 10.8 Å². The summed E-state index contributed by atoms with van der Waals surface area (Å²) in [5, 5.41) is 0.550. The van der Waals surface area contributed by atoms with Gasteiger partial charge in [-0.1, -0.05) is 17.7 Å². The zero-order valence-electron chi connectivity index (χ0n) is 7.34. The molecule has 0 bridgehead atoms. The summed E-state index contributed by atoms with van der Waals surface area (Å²) in [6.07, 6.45) is 0. The third kappa shape index (κ3) is 3.59. The van der Waals surface area contributed by atoms with E-state index in [-0.39, 0.29) is 6.61 Å². The molecular weight excluding hydrogens is 319 g/mol. The fraction of sp³-hybridized carbons (Fsp3) is 0.333. The van der Waals surface area contributed by atoms with Crippen molar-refractivity contribution in [1.82, 2.24) is 0 Å². The summed E-state index contributed by atoms with van der Waals surface area (Å²) in [5.41, 5.74) is 6.29. The second-order valence-electron chi connectivity index (χ2n) is 2.66. The molecule has 78 valence electrons. The molecule has 1 aromatic carbocycles. The first-order valence-corrected chi connectivity index (χ1v) is 5.65. The van der Waals surface area contributed by atoms with Crippen LogP contribution in [0.2, 0.25) is 5.02 Å². The van der Waals surface area contributed by atoms with Crippen LogP contribution in [-0.2, 0) is 6.54 Å². The number of halogens is 3. The maximum absolute atomic E-state index is 12.4. The highest BCUT2D eigenvalue weighted by Crippen LogP contribution is 2.22. The lowest BCUT2D eigenvalue weighted by atomic mass is 10.2. The van der Waals surface area contributed by atoms with Gasteiger partial charge in [0.1, 0.15) is 12.4 Å². The van der Waals surface area contributed by atoms with Crippen LogP contribution in [0.15, 0.2) is 18.2 Å². The molecule has 0 aliphatic carbocycles. The van der Waals surface area contributed by atoms with E-state index in [2.05, 4.69) is 0 Å². The Labute approximate surface area is 101 Å². The highest BCUT2D eigenvalue weighted by molar-refractivity contribution is 14.1. The van der Waals surface area contributed by atoms with Crippen LogP contribution in [0, 0.1) is 0 Å². The van der Waals surface area contributed by atoms with Crippen molar-refractivity contribution in [3.63, 3.8) is 0 Å². The van der Waals surface area contributed by atoms with E-state index in [1.165, 1.54) is 0 Å². The van der Waals surface area contributed by atoms with Crippen molar-refractivity contribution in [2.75, 3.05) is 6.61 Å². The first-order valence-electron chi connectivity index (χ1n) is 4.03. The van der Waals surface area contributed by atoms with Gasteiger partial charge in [0.05, 0.1) is 0 Å². The van der Waals surface area contributed by atoms with Gasteiger partial charge >= 0.3 is 0 Å². The van der Waals surface area contributed by atoms with E-state index in [0.29, 0.717) is 17.3 Å². The lowest BCUT2D eigenvalue weighted by molar-refractivity contribution is 0.262. The first-order chi connectivity index (χ1) is 6.63. The van der Waals surface area contributed by atoms with Gasteiger partial charge in [-0.25, -0.2) is 4.39 Å². The number of ether oxygens (including phenoxy) is 1. The summed E-state index contributed by atoms with van der Waals surface area (Å²) in [6.45, 7) is 0.413. The molecule has 0 saturated heterocycles. The molecule has 0 heterocycles. The van der Waals surface area contributed by atoms with Crippen LogP contribution in [0.3, 0.4) is 0 Å². The second kappa shape index (κ2) is 5.72. The van der Waals surface area contributed by atoms with Gasteiger partial charge in [0, 0.05) is 11.6 Å². The molecule has 0 aliphatic rings. The van der Waals surface area contributed by atoms with Gasteiger partial charge in [0.25, 0.3) is 0 Å². The van der Waals surface area contributed by atoms with Crippen LogP contribution in [0.4, 0.5) is 4.39 Å². The Morgan fingerprint density at radius 1 is 1.57 bits per heavy atom. The van der Waals surface area contributed by atoms with Crippen molar-refractivity contribution < 1.29 is 9.13 Å². The summed E-state index contributed by atoms with van der Waals surface area (Å²) in [7, 11) is 0. The molecule has 1 rings (SSSR count). The molecule has 0 fully saturated rings. The smallest absolute Gasteiger partial charge is 0.184 e. The Hall–Kier alpha value is -0.0700. The number of alkyl halides is 2. The minimum Gasteiger partial charge on any atom is -0.490 e. The first kappa shape index (κ1) is 12.0. The van der Waals surface area contributed by atoms with Crippen molar-refractivity contribution in [3.8, 4) is 5.75 Å².